The number of anilines is 1. The fourth-order valence-corrected chi connectivity index (χ4v) is 7.28. The second kappa shape index (κ2) is 10.2. The Hall–Kier alpha value is -2.23. The van der Waals surface area contributed by atoms with Crippen molar-refractivity contribution in [1.29, 1.82) is 0 Å². The Kier molecular flexibility index (Phi) is 7.45. The van der Waals surface area contributed by atoms with Crippen LogP contribution >= 0.6 is 11.3 Å². The molecule has 0 unspecified atom stereocenters. The predicted octanol–water partition coefficient (Wildman–Crippen LogP) is 4.28. The first-order valence-corrected chi connectivity index (χ1v) is 14.2. The highest BCUT2D eigenvalue weighted by Gasteiger charge is 2.34. The van der Waals surface area contributed by atoms with Crippen LogP contribution in [0.5, 0.6) is 0 Å². The van der Waals surface area contributed by atoms with Gasteiger partial charge in [0.15, 0.2) is 0 Å². The average Bonchev–Trinajstić information content (AvgIpc) is 3.33. The number of hydrogen-bond donors (Lipinski definition) is 1. The SMILES string of the molecule is Cc1ccc(NC(=O)C2CCN(S(=O)(=O)c3cc(C(=O)N4CCC(C)CC4)cs3)CC2)cc1C. The lowest BCUT2D eigenvalue weighted by Crippen LogP contribution is -2.41. The van der Waals surface area contributed by atoms with Gasteiger partial charge in [0.05, 0.1) is 5.56 Å². The Bertz CT molecular complexity index is 1160. The van der Waals surface area contributed by atoms with Gasteiger partial charge in [-0.05, 0) is 74.8 Å². The maximum Gasteiger partial charge on any atom is 0.254 e. The minimum atomic E-state index is -3.68. The topological polar surface area (TPSA) is 86.8 Å². The Morgan fingerprint density at radius 2 is 1.65 bits per heavy atom. The van der Waals surface area contributed by atoms with Crippen LogP contribution in [-0.2, 0) is 14.8 Å². The van der Waals surface area contributed by atoms with Gasteiger partial charge in [-0.1, -0.05) is 13.0 Å². The molecule has 184 valence electrons. The van der Waals surface area contributed by atoms with E-state index in [0.29, 0.717) is 37.4 Å². The maximum absolute atomic E-state index is 13.2. The van der Waals surface area contributed by atoms with Crippen LogP contribution in [0, 0.1) is 25.7 Å². The minimum absolute atomic E-state index is 0.0693. The summed E-state index contributed by atoms with van der Waals surface area (Å²) < 4.78 is 28.0. The summed E-state index contributed by atoms with van der Waals surface area (Å²) in [4.78, 5) is 27.3. The number of nitrogens with zero attached hydrogens (tertiary/aromatic N) is 2. The van der Waals surface area contributed by atoms with E-state index in [4.69, 9.17) is 0 Å². The van der Waals surface area contributed by atoms with Gasteiger partial charge in [-0.15, -0.1) is 11.3 Å². The summed E-state index contributed by atoms with van der Waals surface area (Å²) in [6.07, 6.45) is 2.90. The number of amides is 2. The molecule has 0 spiro atoms. The van der Waals surface area contributed by atoms with Gasteiger partial charge in [0, 0.05) is 43.2 Å². The number of nitrogens with one attached hydrogen (secondary N) is 1. The van der Waals surface area contributed by atoms with E-state index in [9.17, 15) is 18.0 Å². The van der Waals surface area contributed by atoms with Crippen LogP contribution in [0.25, 0.3) is 0 Å². The molecule has 9 heteroatoms. The largest absolute Gasteiger partial charge is 0.339 e. The number of benzene rings is 1. The van der Waals surface area contributed by atoms with Crippen molar-refractivity contribution >= 4 is 38.9 Å². The van der Waals surface area contributed by atoms with E-state index in [1.54, 1.807) is 5.38 Å². The molecule has 0 saturated carbocycles. The molecule has 0 atom stereocenters. The molecule has 2 amide bonds. The minimum Gasteiger partial charge on any atom is -0.339 e. The molecule has 2 aromatic rings. The highest BCUT2D eigenvalue weighted by Crippen LogP contribution is 2.30. The number of aryl methyl sites for hydroxylation is 2. The first-order valence-electron chi connectivity index (χ1n) is 11.9. The van der Waals surface area contributed by atoms with Crippen molar-refractivity contribution in [3.8, 4) is 0 Å². The highest BCUT2D eigenvalue weighted by molar-refractivity contribution is 7.91. The highest BCUT2D eigenvalue weighted by atomic mass is 32.2. The standard InChI is InChI=1S/C25H33N3O4S2/c1-17-6-10-27(11-7-17)25(30)21-15-23(33-16-21)34(31,32)28-12-8-20(9-13-28)24(29)26-22-5-4-18(2)19(3)14-22/h4-5,14-17,20H,6-13H2,1-3H3,(H,26,29). The molecule has 2 saturated heterocycles. The number of carbonyl (C=O) groups is 2. The molecule has 7 nitrogen and oxygen atoms in total. The van der Waals surface area contributed by atoms with Crippen LogP contribution in [0.1, 0.15) is 54.1 Å². The lowest BCUT2D eigenvalue weighted by atomic mass is 9.97. The maximum atomic E-state index is 13.2. The van der Waals surface area contributed by atoms with Crippen LogP contribution in [0.3, 0.4) is 0 Å². The van der Waals surface area contributed by atoms with E-state index >= 15 is 0 Å². The van der Waals surface area contributed by atoms with Crippen LogP contribution < -0.4 is 5.32 Å². The third-order valence-corrected chi connectivity index (χ3v) is 10.4. The summed E-state index contributed by atoms with van der Waals surface area (Å²) in [7, 11) is -3.68. The average molecular weight is 504 g/mol. The summed E-state index contributed by atoms with van der Waals surface area (Å²) in [5.41, 5.74) is 3.49. The van der Waals surface area contributed by atoms with Crippen molar-refractivity contribution < 1.29 is 18.0 Å². The molecular weight excluding hydrogens is 470 g/mol. The third-order valence-electron chi connectivity index (χ3n) is 7.09. The molecule has 3 heterocycles. The Labute approximate surface area is 206 Å². The van der Waals surface area contributed by atoms with Crippen LogP contribution in [0.2, 0.25) is 0 Å². The summed E-state index contributed by atoms with van der Waals surface area (Å²) >= 11 is 1.10. The Morgan fingerprint density at radius 3 is 2.29 bits per heavy atom. The monoisotopic (exact) mass is 503 g/mol. The molecule has 2 aliphatic rings. The molecule has 1 aromatic heterocycles. The number of sulfonamides is 1. The molecule has 0 aliphatic carbocycles. The quantitative estimate of drug-likeness (QED) is 0.660. The summed E-state index contributed by atoms with van der Waals surface area (Å²) in [6, 6.07) is 7.33. The van der Waals surface area contributed by atoms with Gasteiger partial charge in [0.2, 0.25) is 5.91 Å². The Balaban J connectivity index is 1.35. The molecular formula is C25H33N3O4S2. The van der Waals surface area contributed by atoms with Crippen molar-refractivity contribution in [2.75, 3.05) is 31.5 Å². The van der Waals surface area contributed by atoms with E-state index < -0.39 is 10.0 Å². The number of hydrogen-bond acceptors (Lipinski definition) is 5. The van der Waals surface area contributed by atoms with Crippen molar-refractivity contribution in [3.63, 3.8) is 0 Å². The smallest absolute Gasteiger partial charge is 0.254 e. The van der Waals surface area contributed by atoms with Gasteiger partial charge in [0.25, 0.3) is 15.9 Å². The lowest BCUT2D eigenvalue weighted by molar-refractivity contribution is -0.120. The van der Waals surface area contributed by atoms with E-state index in [-0.39, 0.29) is 21.9 Å². The number of likely N-dealkylation sites (tertiary alicyclic amines) is 1. The third kappa shape index (κ3) is 5.37. The summed E-state index contributed by atoms with van der Waals surface area (Å²) in [5.74, 6) is 0.231. The Morgan fingerprint density at radius 1 is 0.971 bits per heavy atom. The first kappa shape index (κ1) is 24.9. The number of piperidine rings is 2. The van der Waals surface area contributed by atoms with Gasteiger partial charge in [0.1, 0.15) is 4.21 Å². The van der Waals surface area contributed by atoms with Crippen LogP contribution in [0.15, 0.2) is 33.9 Å². The second-order valence-corrected chi connectivity index (χ2v) is 12.7. The number of thiophene rings is 1. The van der Waals surface area contributed by atoms with Crippen LogP contribution in [-0.4, -0.2) is 55.6 Å². The first-order chi connectivity index (χ1) is 16.1. The van der Waals surface area contributed by atoms with E-state index in [1.165, 1.54) is 15.9 Å². The zero-order valence-corrected chi connectivity index (χ0v) is 21.7. The normalized spacial score (nSPS) is 18.7. The van der Waals surface area contributed by atoms with Gasteiger partial charge < -0.3 is 10.2 Å². The van der Waals surface area contributed by atoms with Crippen molar-refractivity contribution in [2.45, 2.75) is 50.7 Å². The second-order valence-electron chi connectivity index (χ2n) is 9.60. The molecule has 1 aromatic carbocycles. The molecule has 4 rings (SSSR count). The van der Waals surface area contributed by atoms with Gasteiger partial charge in [-0.25, -0.2) is 8.42 Å². The molecule has 2 aliphatic heterocycles. The molecule has 0 bridgehead atoms. The van der Waals surface area contributed by atoms with Crippen molar-refractivity contribution in [2.24, 2.45) is 11.8 Å². The molecule has 1 N–H and O–H groups in total. The number of rotatable bonds is 5. The number of carbonyl (C=O) groups excluding carboxylic acids is 2. The van der Waals surface area contributed by atoms with E-state index in [0.717, 1.165) is 48.5 Å². The molecule has 2 fully saturated rings. The van der Waals surface area contributed by atoms with Crippen molar-refractivity contribution in [1.82, 2.24) is 9.21 Å². The molecule has 34 heavy (non-hydrogen) atoms. The van der Waals surface area contributed by atoms with Gasteiger partial charge >= 0.3 is 0 Å². The fraction of sp³-hybridized carbons (Fsp3) is 0.520. The zero-order valence-electron chi connectivity index (χ0n) is 20.0. The van der Waals surface area contributed by atoms with E-state index in [2.05, 4.69) is 12.2 Å². The fourth-order valence-electron chi connectivity index (χ4n) is 4.51. The van der Waals surface area contributed by atoms with Gasteiger partial charge in [-0.2, -0.15) is 4.31 Å². The summed E-state index contributed by atoms with van der Waals surface area (Å²) in [5, 5.41) is 4.62. The lowest BCUT2D eigenvalue weighted by Gasteiger charge is -2.30. The molecule has 0 radical (unpaired) electrons. The van der Waals surface area contributed by atoms with Crippen LogP contribution in [0.4, 0.5) is 5.69 Å². The summed E-state index contributed by atoms with van der Waals surface area (Å²) in [6.45, 7) is 8.23. The van der Waals surface area contributed by atoms with Crippen molar-refractivity contribution in [3.05, 3.63) is 46.3 Å². The zero-order chi connectivity index (χ0) is 24.5. The van der Waals surface area contributed by atoms with E-state index in [1.807, 2.05) is 36.9 Å². The predicted molar refractivity (Wildman–Crippen MR) is 135 cm³/mol. The van der Waals surface area contributed by atoms with Gasteiger partial charge in [-0.3, -0.25) is 9.59 Å².